The number of para-hydroxylation sites is 1. The fourth-order valence-electron chi connectivity index (χ4n) is 2.64. The molecule has 0 aliphatic rings. The van der Waals surface area contributed by atoms with E-state index in [2.05, 4.69) is 0 Å². The van der Waals surface area contributed by atoms with E-state index in [-0.39, 0.29) is 5.97 Å². The molecule has 0 saturated heterocycles. The average Bonchev–Trinajstić information content (AvgIpc) is 2.84. The standard InChI is InChI=1S/C18H17NO2/c1-13-7-6-10-15-16(11-19(2)17(13)15)18(20)21-12-14-8-4-3-5-9-14/h3-11H,12H2,1-2H3. The summed E-state index contributed by atoms with van der Waals surface area (Å²) in [6.45, 7) is 2.34. The first-order chi connectivity index (χ1) is 10.2. The summed E-state index contributed by atoms with van der Waals surface area (Å²) >= 11 is 0. The van der Waals surface area contributed by atoms with Crippen molar-refractivity contribution in [2.24, 2.45) is 7.05 Å². The first kappa shape index (κ1) is 13.4. The monoisotopic (exact) mass is 279 g/mol. The summed E-state index contributed by atoms with van der Waals surface area (Å²) in [6, 6.07) is 15.7. The molecule has 1 aromatic heterocycles. The van der Waals surface area contributed by atoms with Crippen LogP contribution in [-0.4, -0.2) is 10.5 Å². The average molecular weight is 279 g/mol. The van der Waals surface area contributed by atoms with Crippen LogP contribution in [0.25, 0.3) is 10.9 Å². The molecule has 0 N–H and O–H groups in total. The minimum Gasteiger partial charge on any atom is -0.457 e. The summed E-state index contributed by atoms with van der Waals surface area (Å²) in [7, 11) is 1.95. The van der Waals surface area contributed by atoms with Crippen LogP contribution in [-0.2, 0) is 18.4 Å². The van der Waals surface area contributed by atoms with Crippen LogP contribution in [0.5, 0.6) is 0 Å². The van der Waals surface area contributed by atoms with Crippen molar-refractivity contribution in [2.75, 3.05) is 0 Å². The maximum Gasteiger partial charge on any atom is 0.340 e. The molecular weight excluding hydrogens is 262 g/mol. The first-order valence-electron chi connectivity index (χ1n) is 6.92. The third kappa shape index (κ3) is 2.55. The smallest absolute Gasteiger partial charge is 0.340 e. The van der Waals surface area contributed by atoms with E-state index >= 15 is 0 Å². The summed E-state index contributed by atoms with van der Waals surface area (Å²) < 4.78 is 7.40. The van der Waals surface area contributed by atoms with Crippen LogP contribution in [0, 0.1) is 6.92 Å². The quantitative estimate of drug-likeness (QED) is 0.682. The van der Waals surface area contributed by atoms with E-state index in [4.69, 9.17) is 4.74 Å². The molecule has 3 nitrogen and oxygen atoms in total. The molecule has 106 valence electrons. The third-order valence-electron chi connectivity index (χ3n) is 3.64. The van der Waals surface area contributed by atoms with E-state index in [1.54, 1.807) is 0 Å². The molecule has 0 aliphatic heterocycles. The molecule has 3 heteroatoms. The number of esters is 1. The molecule has 0 unspecified atom stereocenters. The van der Waals surface area contributed by atoms with Gasteiger partial charge in [-0.2, -0.15) is 0 Å². The van der Waals surface area contributed by atoms with Crippen molar-refractivity contribution >= 4 is 16.9 Å². The summed E-state index contributed by atoms with van der Waals surface area (Å²) in [6.07, 6.45) is 1.84. The number of aryl methyl sites for hydroxylation is 2. The number of hydrogen-bond acceptors (Lipinski definition) is 2. The minimum atomic E-state index is -0.282. The lowest BCUT2D eigenvalue weighted by molar-refractivity contribution is 0.0475. The van der Waals surface area contributed by atoms with E-state index in [0.717, 1.165) is 22.0 Å². The third-order valence-corrected chi connectivity index (χ3v) is 3.64. The van der Waals surface area contributed by atoms with E-state index in [0.29, 0.717) is 12.2 Å². The zero-order chi connectivity index (χ0) is 14.8. The van der Waals surface area contributed by atoms with E-state index in [1.807, 2.05) is 73.3 Å². The lowest BCUT2D eigenvalue weighted by Gasteiger charge is -2.04. The SMILES string of the molecule is Cc1cccc2c(C(=O)OCc3ccccc3)cn(C)c12. The predicted molar refractivity (Wildman–Crippen MR) is 83.2 cm³/mol. The van der Waals surface area contributed by atoms with Crippen molar-refractivity contribution in [2.45, 2.75) is 13.5 Å². The summed E-state index contributed by atoms with van der Waals surface area (Å²) in [5.41, 5.74) is 3.83. The molecule has 0 radical (unpaired) electrons. The Labute approximate surface area is 123 Å². The van der Waals surface area contributed by atoms with Gasteiger partial charge in [0.15, 0.2) is 0 Å². The maximum absolute atomic E-state index is 12.3. The Bertz CT molecular complexity index is 788. The number of carbonyl (C=O) groups excluding carboxylic acids is 1. The second-order valence-corrected chi connectivity index (χ2v) is 5.19. The van der Waals surface area contributed by atoms with E-state index < -0.39 is 0 Å². The topological polar surface area (TPSA) is 31.2 Å². The molecule has 0 saturated carbocycles. The Balaban J connectivity index is 1.87. The molecule has 0 aliphatic carbocycles. The van der Waals surface area contributed by atoms with Crippen LogP contribution < -0.4 is 0 Å². The molecule has 3 aromatic rings. The highest BCUT2D eigenvalue weighted by molar-refractivity contribution is 6.05. The summed E-state index contributed by atoms with van der Waals surface area (Å²) in [5.74, 6) is -0.282. The number of nitrogens with zero attached hydrogens (tertiary/aromatic N) is 1. The van der Waals surface area contributed by atoms with Gasteiger partial charge in [0.25, 0.3) is 0 Å². The van der Waals surface area contributed by atoms with E-state index in [9.17, 15) is 4.79 Å². The van der Waals surface area contributed by atoms with Gasteiger partial charge in [0, 0.05) is 18.6 Å². The zero-order valence-corrected chi connectivity index (χ0v) is 12.2. The van der Waals surface area contributed by atoms with Crippen LogP contribution in [0.3, 0.4) is 0 Å². The highest BCUT2D eigenvalue weighted by Crippen LogP contribution is 2.24. The van der Waals surface area contributed by atoms with Crippen molar-refractivity contribution in [1.82, 2.24) is 4.57 Å². The highest BCUT2D eigenvalue weighted by Gasteiger charge is 2.16. The first-order valence-corrected chi connectivity index (χ1v) is 6.92. The Morgan fingerprint density at radius 1 is 1.10 bits per heavy atom. The number of aromatic nitrogens is 1. The van der Waals surface area contributed by atoms with Gasteiger partial charge in [-0.3, -0.25) is 0 Å². The Hall–Kier alpha value is -2.55. The van der Waals surface area contributed by atoms with Crippen molar-refractivity contribution in [3.05, 3.63) is 71.4 Å². The van der Waals surface area contributed by atoms with Gasteiger partial charge >= 0.3 is 5.97 Å². The van der Waals surface area contributed by atoms with Gasteiger partial charge < -0.3 is 9.30 Å². The van der Waals surface area contributed by atoms with Crippen LogP contribution in [0.15, 0.2) is 54.7 Å². The number of carbonyl (C=O) groups is 1. The Morgan fingerprint density at radius 3 is 2.62 bits per heavy atom. The van der Waals surface area contributed by atoms with Crippen molar-refractivity contribution in [1.29, 1.82) is 0 Å². The fraction of sp³-hybridized carbons (Fsp3) is 0.167. The Kier molecular flexibility index (Phi) is 3.48. The van der Waals surface area contributed by atoms with Gasteiger partial charge in [-0.25, -0.2) is 4.79 Å². The molecule has 2 aromatic carbocycles. The molecule has 0 fully saturated rings. The fourth-order valence-corrected chi connectivity index (χ4v) is 2.64. The molecule has 3 rings (SSSR count). The van der Waals surface area contributed by atoms with Gasteiger partial charge in [0.05, 0.1) is 11.1 Å². The molecule has 0 atom stereocenters. The molecule has 1 heterocycles. The van der Waals surface area contributed by atoms with Crippen LogP contribution >= 0.6 is 0 Å². The normalized spacial score (nSPS) is 10.8. The van der Waals surface area contributed by atoms with Gasteiger partial charge in [-0.05, 0) is 18.1 Å². The molecule has 0 amide bonds. The summed E-state index contributed by atoms with van der Waals surface area (Å²) in [5, 5.41) is 0.940. The predicted octanol–water partition coefficient (Wildman–Crippen LogP) is 3.84. The van der Waals surface area contributed by atoms with Crippen molar-refractivity contribution < 1.29 is 9.53 Å². The number of hydrogen-bond donors (Lipinski definition) is 0. The largest absolute Gasteiger partial charge is 0.457 e. The number of ether oxygens (including phenoxy) is 1. The summed E-state index contributed by atoms with van der Waals surface area (Å²) in [4.78, 5) is 12.3. The molecule has 21 heavy (non-hydrogen) atoms. The van der Waals surface area contributed by atoms with Crippen LogP contribution in [0.2, 0.25) is 0 Å². The van der Waals surface area contributed by atoms with Gasteiger partial charge in [0.2, 0.25) is 0 Å². The van der Waals surface area contributed by atoms with Gasteiger partial charge in [-0.1, -0.05) is 48.5 Å². The molecule has 0 bridgehead atoms. The minimum absolute atomic E-state index is 0.282. The molecule has 0 spiro atoms. The maximum atomic E-state index is 12.3. The van der Waals surface area contributed by atoms with Gasteiger partial charge in [0.1, 0.15) is 6.61 Å². The van der Waals surface area contributed by atoms with Crippen molar-refractivity contribution in [3.8, 4) is 0 Å². The number of benzene rings is 2. The lowest BCUT2D eigenvalue weighted by Crippen LogP contribution is -2.04. The van der Waals surface area contributed by atoms with Crippen molar-refractivity contribution in [3.63, 3.8) is 0 Å². The lowest BCUT2D eigenvalue weighted by atomic mass is 10.1. The van der Waals surface area contributed by atoms with Crippen LogP contribution in [0.1, 0.15) is 21.5 Å². The van der Waals surface area contributed by atoms with Crippen LogP contribution in [0.4, 0.5) is 0 Å². The zero-order valence-electron chi connectivity index (χ0n) is 12.2. The van der Waals surface area contributed by atoms with Gasteiger partial charge in [-0.15, -0.1) is 0 Å². The number of rotatable bonds is 3. The number of fused-ring (bicyclic) bond motifs is 1. The second-order valence-electron chi connectivity index (χ2n) is 5.19. The Morgan fingerprint density at radius 2 is 1.86 bits per heavy atom. The second kappa shape index (κ2) is 5.44. The van der Waals surface area contributed by atoms with E-state index in [1.165, 1.54) is 0 Å². The highest BCUT2D eigenvalue weighted by atomic mass is 16.5. The molecular formula is C18H17NO2.